The summed E-state index contributed by atoms with van der Waals surface area (Å²) in [4.78, 5) is 63.2. The van der Waals surface area contributed by atoms with Gasteiger partial charge < -0.3 is 35.5 Å². The first-order valence-electron chi connectivity index (χ1n) is 14.7. The molecule has 0 fully saturated rings. The van der Waals surface area contributed by atoms with Crippen LogP contribution in [0, 0.1) is 5.82 Å². The molecule has 13 heteroatoms. The topological polar surface area (TPSA) is 161 Å². The fraction of sp³-hybridized carbons (Fsp3) is 0.645. The highest BCUT2D eigenvalue weighted by Gasteiger charge is 2.31. The van der Waals surface area contributed by atoms with Crippen LogP contribution in [0.5, 0.6) is 0 Å². The Balaban J connectivity index is 2.81. The summed E-state index contributed by atoms with van der Waals surface area (Å²) in [5.41, 5.74) is -1.95. The van der Waals surface area contributed by atoms with E-state index in [9.17, 15) is 28.4 Å². The van der Waals surface area contributed by atoms with Crippen molar-refractivity contribution in [1.82, 2.24) is 16.0 Å². The van der Waals surface area contributed by atoms with E-state index in [1.807, 2.05) is 0 Å². The van der Waals surface area contributed by atoms with Gasteiger partial charge in [-0.1, -0.05) is 0 Å². The highest BCUT2D eigenvalue weighted by atomic mass is 19.1. The zero-order valence-electron chi connectivity index (χ0n) is 27.4. The number of urea groups is 2. The molecule has 2 atom stereocenters. The molecule has 0 radical (unpaired) electrons. The maximum atomic E-state index is 13.0. The fourth-order valence-corrected chi connectivity index (χ4v) is 3.64. The zero-order chi connectivity index (χ0) is 33.7. The lowest BCUT2D eigenvalue weighted by Crippen LogP contribution is -2.53. The Hall–Kier alpha value is -3.90. The largest absolute Gasteiger partial charge is 0.460 e. The van der Waals surface area contributed by atoms with E-state index in [1.165, 1.54) is 24.3 Å². The number of nitrogens with one attached hydrogen (secondary N) is 4. The summed E-state index contributed by atoms with van der Waals surface area (Å²) in [6.45, 7) is 15.5. The van der Waals surface area contributed by atoms with Crippen molar-refractivity contribution in [2.75, 3.05) is 11.9 Å². The molecule has 0 bridgehead atoms. The van der Waals surface area contributed by atoms with E-state index in [0.717, 1.165) is 0 Å². The third-order valence-corrected chi connectivity index (χ3v) is 5.36. The van der Waals surface area contributed by atoms with Crippen molar-refractivity contribution < 1.29 is 42.6 Å². The molecule has 1 aromatic carbocycles. The number of carbonyl (C=O) groups is 5. The third kappa shape index (κ3) is 17.9. The maximum absolute atomic E-state index is 13.0. The maximum Gasteiger partial charge on any atom is 0.329 e. The number of carbonyl (C=O) groups excluding carboxylic acids is 5. The molecule has 44 heavy (non-hydrogen) atoms. The molecule has 1 rings (SSSR count). The molecule has 0 aliphatic rings. The Labute approximate surface area is 259 Å². The van der Waals surface area contributed by atoms with Gasteiger partial charge in [-0.2, -0.15) is 0 Å². The number of esters is 3. The quantitative estimate of drug-likeness (QED) is 0.136. The molecule has 0 unspecified atom stereocenters. The minimum atomic E-state index is -1.19. The summed E-state index contributed by atoms with van der Waals surface area (Å²) in [6.07, 6.45) is 0.836. The lowest BCUT2D eigenvalue weighted by molar-refractivity contribution is -0.159. The molecular formula is C31H49FN4O8. The van der Waals surface area contributed by atoms with Gasteiger partial charge >= 0.3 is 30.0 Å². The lowest BCUT2D eigenvalue weighted by atomic mass is 10.1. The summed E-state index contributed by atoms with van der Waals surface area (Å²) in [5, 5.41) is 10.4. The highest BCUT2D eigenvalue weighted by Crippen LogP contribution is 2.15. The second-order valence-electron chi connectivity index (χ2n) is 13.3. The number of ether oxygens (including phenoxy) is 3. The number of rotatable bonds is 13. The minimum Gasteiger partial charge on any atom is -0.460 e. The molecule has 0 aliphatic heterocycles. The van der Waals surface area contributed by atoms with Crippen molar-refractivity contribution in [1.29, 1.82) is 0 Å². The molecule has 12 nitrogen and oxygen atoms in total. The van der Waals surface area contributed by atoms with E-state index in [1.54, 1.807) is 62.3 Å². The summed E-state index contributed by atoms with van der Waals surface area (Å²) >= 11 is 0. The van der Waals surface area contributed by atoms with Gasteiger partial charge in [-0.15, -0.1) is 0 Å². The van der Waals surface area contributed by atoms with Gasteiger partial charge in [0, 0.05) is 18.7 Å². The van der Waals surface area contributed by atoms with E-state index in [0.29, 0.717) is 18.5 Å². The monoisotopic (exact) mass is 624 g/mol. The zero-order valence-corrected chi connectivity index (χ0v) is 27.4. The van der Waals surface area contributed by atoms with Crippen LogP contribution in [-0.2, 0) is 28.6 Å². The fourth-order valence-electron chi connectivity index (χ4n) is 3.64. The van der Waals surface area contributed by atoms with E-state index in [4.69, 9.17) is 14.2 Å². The van der Waals surface area contributed by atoms with Crippen LogP contribution in [0.4, 0.5) is 19.7 Å². The normalized spacial score (nSPS) is 13.1. The van der Waals surface area contributed by atoms with E-state index >= 15 is 0 Å². The Morgan fingerprint density at radius 2 is 1.16 bits per heavy atom. The molecule has 4 amide bonds. The van der Waals surface area contributed by atoms with E-state index in [2.05, 4.69) is 21.3 Å². The molecule has 4 N–H and O–H groups in total. The number of hydrogen-bond acceptors (Lipinski definition) is 8. The van der Waals surface area contributed by atoms with Gasteiger partial charge in [0.05, 0.1) is 0 Å². The Morgan fingerprint density at radius 3 is 1.64 bits per heavy atom. The predicted octanol–water partition coefficient (Wildman–Crippen LogP) is 4.96. The van der Waals surface area contributed by atoms with E-state index in [-0.39, 0.29) is 25.8 Å². The van der Waals surface area contributed by atoms with E-state index < -0.39 is 64.7 Å². The molecule has 248 valence electrons. The van der Waals surface area contributed by atoms with Crippen LogP contribution in [0.25, 0.3) is 0 Å². The van der Waals surface area contributed by atoms with Crippen molar-refractivity contribution in [2.45, 2.75) is 123 Å². The number of hydrogen-bond donors (Lipinski definition) is 4. The van der Waals surface area contributed by atoms with Crippen LogP contribution < -0.4 is 21.3 Å². The number of anilines is 1. The summed E-state index contributed by atoms with van der Waals surface area (Å²) < 4.78 is 29.2. The second kappa shape index (κ2) is 16.8. The van der Waals surface area contributed by atoms with Crippen LogP contribution in [0.2, 0.25) is 0 Å². The molecule has 0 saturated heterocycles. The average Bonchev–Trinajstić information content (AvgIpc) is 2.83. The lowest BCUT2D eigenvalue weighted by Gasteiger charge is -2.27. The van der Waals surface area contributed by atoms with Crippen LogP contribution in [0.15, 0.2) is 24.3 Å². The standard InChI is InChI=1S/C31H49FN4O8/c1-29(2,3)42-24(37)18-17-23(26(39)44-31(7,8)9)36-28(41)35-22(25(38)43-30(4,5)6)12-10-11-19-33-27(40)34-21-15-13-20(32)14-16-21/h13-16,22-23H,10-12,17-19H2,1-9H3,(H2,33,34,40)(H2,35,36,41)/t22-,23-/m0/s1. The molecule has 1 aromatic rings. The van der Waals surface area contributed by atoms with Crippen LogP contribution in [0.3, 0.4) is 0 Å². The SMILES string of the molecule is CC(C)(C)OC(=O)CC[C@H](NC(=O)N[C@@H](CCCCNC(=O)Nc1ccc(F)cc1)C(=O)OC(C)(C)C)C(=O)OC(C)(C)C. The van der Waals surface area contributed by atoms with Crippen LogP contribution >= 0.6 is 0 Å². The molecule has 0 saturated carbocycles. The van der Waals surface area contributed by atoms with Crippen molar-refractivity contribution in [3.8, 4) is 0 Å². The van der Waals surface area contributed by atoms with Crippen molar-refractivity contribution in [2.24, 2.45) is 0 Å². The van der Waals surface area contributed by atoms with Gasteiger partial charge in [0.2, 0.25) is 0 Å². The Bertz CT molecular complexity index is 1120. The van der Waals surface area contributed by atoms with Gasteiger partial charge in [0.15, 0.2) is 0 Å². The molecular weight excluding hydrogens is 575 g/mol. The minimum absolute atomic E-state index is 0.0833. The van der Waals surface area contributed by atoms with Crippen LogP contribution in [-0.4, -0.2) is 65.4 Å². The Morgan fingerprint density at radius 1 is 0.682 bits per heavy atom. The van der Waals surface area contributed by atoms with Gasteiger partial charge in [0.25, 0.3) is 0 Å². The van der Waals surface area contributed by atoms with Gasteiger partial charge in [-0.25, -0.2) is 23.6 Å². The number of halogens is 1. The third-order valence-electron chi connectivity index (χ3n) is 5.36. The summed E-state index contributed by atoms with van der Waals surface area (Å²) in [7, 11) is 0. The van der Waals surface area contributed by atoms with Crippen molar-refractivity contribution >= 4 is 35.7 Å². The first kappa shape index (κ1) is 38.1. The number of benzene rings is 1. The van der Waals surface area contributed by atoms with Gasteiger partial charge in [-0.05, 0) is 112 Å². The predicted molar refractivity (Wildman–Crippen MR) is 163 cm³/mol. The van der Waals surface area contributed by atoms with Gasteiger partial charge in [-0.3, -0.25) is 4.79 Å². The Kier molecular flexibility index (Phi) is 14.6. The first-order chi connectivity index (χ1) is 20.1. The molecule has 0 aromatic heterocycles. The first-order valence-corrected chi connectivity index (χ1v) is 14.7. The molecule has 0 spiro atoms. The van der Waals surface area contributed by atoms with Crippen molar-refractivity contribution in [3.63, 3.8) is 0 Å². The van der Waals surface area contributed by atoms with Crippen molar-refractivity contribution in [3.05, 3.63) is 30.1 Å². The molecule has 0 heterocycles. The molecule has 0 aliphatic carbocycles. The summed E-state index contributed by atoms with van der Waals surface area (Å²) in [5.74, 6) is -2.37. The second-order valence-corrected chi connectivity index (χ2v) is 13.3. The smallest absolute Gasteiger partial charge is 0.329 e. The average molecular weight is 625 g/mol. The van der Waals surface area contributed by atoms with Crippen LogP contribution in [0.1, 0.15) is 94.4 Å². The number of unbranched alkanes of at least 4 members (excludes halogenated alkanes) is 1. The highest BCUT2D eigenvalue weighted by molar-refractivity contribution is 5.89. The summed E-state index contributed by atoms with van der Waals surface area (Å²) in [6, 6.07) is 1.77. The number of amides is 4. The van der Waals surface area contributed by atoms with Gasteiger partial charge in [0.1, 0.15) is 34.7 Å².